The second-order valence-electron chi connectivity index (χ2n) is 6.23. The molecule has 1 N–H and O–H groups in total. The summed E-state index contributed by atoms with van der Waals surface area (Å²) in [4.78, 5) is 22.8. The van der Waals surface area contributed by atoms with Gasteiger partial charge in [0.1, 0.15) is 0 Å². The molecule has 1 fully saturated rings. The molecule has 1 aliphatic heterocycles. The van der Waals surface area contributed by atoms with Gasteiger partial charge in [-0.15, -0.1) is 0 Å². The Hall–Kier alpha value is -1.49. The normalized spacial score (nSPS) is 18.2. The summed E-state index contributed by atoms with van der Waals surface area (Å²) >= 11 is 0. The summed E-state index contributed by atoms with van der Waals surface area (Å²) < 4.78 is 0. The number of hydrogen-bond acceptors (Lipinski definition) is 4. The molecule has 2 rings (SSSR count). The van der Waals surface area contributed by atoms with Crippen molar-refractivity contribution < 1.29 is 4.79 Å². The molecule has 1 aromatic heterocycles. The molecule has 1 saturated heterocycles. The molecule has 1 amide bonds. The number of likely N-dealkylation sites (tertiary alicyclic amines) is 1. The summed E-state index contributed by atoms with van der Waals surface area (Å²) in [6, 6.07) is 0.0940. The standard InChI is InChI=1S/C17H28N4O/c1-15(13-16-14-18-8-9-19-16)20-17(22)7-12-21-10-5-3-2-4-6-11-21/h8-9,14-15H,2-7,10-13H2,1H3,(H,20,22)/t15-/m1/s1. The molecule has 2 heterocycles. The lowest BCUT2D eigenvalue weighted by Gasteiger charge is -2.24. The molecule has 1 aliphatic rings. The van der Waals surface area contributed by atoms with Crippen LogP contribution in [0.2, 0.25) is 0 Å². The van der Waals surface area contributed by atoms with E-state index in [1.54, 1.807) is 18.6 Å². The molecular weight excluding hydrogens is 276 g/mol. The van der Waals surface area contributed by atoms with Crippen molar-refractivity contribution in [2.75, 3.05) is 19.6 Å². The Bertz CT molecular complexity index is 430. The third kappa shape index (κ3) is 6.52. The molecule has 0 aromatic carbocycles. The molecule has 5 nitrogen and oxygen atoms in total. The van der Waals surface area contributed by atoms with Crippen LogP contribution in [0, 0.1) is 0 Å². The lowest BCUT2D eigenvalue weighted by molar-refractivity contribution is -0.122. The van der Waals surface area contributed by atoms with Gasteiger partial charge >= 0.3 is 0 Å². The highest BCUT2D eigenvalue weighted by molar-refractivity contribution is 5.76. The first-order chi connectivity index (χ1) is 10.7. The predicted molar refractivity (Wildman–Crippen MR) is 87.5 cm³/mol. The molecule has 1 atom stereocenters. The van der Waals surface area contributed by atoms with E-state index >= 15 is 0 Å². The molecule has 0 saturated carbocycles. The van der Waals surface area contributed by atoms with Gasteiger partial charge in [-0.3, -0.25) is 14.8 Å². The number of rotatable bonds is 6. The van der Waals surface area contributed by atoms with Crippen LogP contribution in [-0.2, 0) is 11.2 Å². The molecule has 0 bridgehead atoms. The van der Waals surface area contributed by atoms with Crippen LogP contribution in [0.3, 0.4) is 0 Å². The van der Waals surface area contributed by atoms with E-state index in [9.17, 15) is 4.79 Å². The predicted octanol–water partition coefficient (Wildman–Crippen LogP) is 2.18. The van der Waals surface area contributed by atoms with E-state index < -0.39 is 0 Å². The second kappa shape index (κ2) is 9.51. The fourth-order valence-electron chi connectivity index (χ4n) is 2.94. The Morgan fingerprint density at radius 1 is 1.23 bits per heavy atom. The van der Waals surface area contributed by atoms with Crippen LogP contribution in [0.1, 0.15) is 51.1 Å². The number of nitrogens with zero attached hydrogens (tertiary/aromatic N) is 3. The largest absolute Gasteiger partial charge is 0.353 e. The van der Waals surface area contributed by atoms with Crippen molar-refractivity contribution in [3.8, 4) is 0 Å². The van der Waals surface area contributed by atoms with E-state index in [1.165, 1.54) is 32.1 Å². The second-order valence-corrected chi connectivity index (χ2v) is 6.23. The van der Waals surface area contributed by atoms with Crippen LogP contribution in [-0.4, -0.2) is 46.5 Å². The summed E-state index contributed by atoms with van der Waals surface area (Å²) in [5, 5.41) is 3.06. The minimum Gasteiger partial charge on any atom is -0.353 e. The van der Waals surface area contributed by atoms with Crippen molar-refractivity contribution in [2.45, 2.75) is 57.9 Å². The maximum Gasteiger partial charge on any atom is 0.221 e. The van der Waals surface area contributed by atoms with E-state index in [-0.39, 0.29) is 11.9 Å². The van der Waals surface area contributed by atoms with E-state index in [0.717, 1.165) is 31.7 Å². The fraction of sp³-hybridized carbons (Fsp3) is 0.706. The Morgan fingerprint density at radius 3 is 2.64 bits per heavy atom. The molecule has 5 heteroatoms. The highest BCUT2D eigenvalue weighted by atomic mass is 16.1. The van der Waals surface area contributed by atoms with Crippen LogP contribution < -0.4 is 5.32 Å². The van der Waals surface area contributed by atoms with Crippen molar-refractivity contribution in [3.05, 3.63) is 24.3 Å². The lowest BCUT2D eigenvalue weighted by atomic mass is 10.1. The highest BCUT2D eigenvalue weighted by Gasteiger charge is 2.12. The van der Waals surface area contributed by atoms with Gasteiger partial charge in [-0.05, 0) is 32.9 Å². The molecule has 0 spiro atoms. The summed E-state index contributed by atoms with van der Waals surface area (Å²) in [6.45, 7) is 5.18. The monoisotopic (exact) mass is 304 g/mol. The fourth-order valence-corrected chi connectivity index (χ4v) is 2.94. The first-order valence-corrected chi connectivity index (χ1v) is 8.50. The number of hydrogen-bond donors (Lipinski definition) is 1. The zero-order valence-corrected chi connectivity index (χ0v) is 13.6. The molecule has 0 unspecified atom stereocenters. The van der Waals surface area contributed by atoms with Gasteiger partial charge in [0.25, 0.3) is 0 Å². The maximum absolute atomic E-state index is 12.1. The van der Waals surface area contributed by atoms with Crippen molar-refractivity contribution in [2.24, 2.45) is 0 Å². The number of amides is 1. The molecule has 0 aliphatic carbocycles. The quantitative estimate of drug-likeness (QED) is 0.875. The third-order valence-electron chi connectivity index (χ3n) is 4.14. The van der Waals surface area contributed by atoms with Gasteiger partial charge in [0.15, 0.2) is 0 Å². The average Bonchev–Trinajstić information content (AvgIpc) is 2.47. The Morgan fingerprint density at radius 2 is 1.95 bits per heavy atom. The third-order valence-corrected chi connectivity index (χ3v) is 4.14. The van der Waals surface area contributed by atoms with Crippen LogP contribution in [0.15, 0.2) is 18.6 Å². The van der Waals surface area contributed by atoms with E-state index in [1.807, 2.05) is 6.92 Å². The first-order valence-electron chi connectivity index (χ1n) is 8.50. The number of nitrogens with one attached hydrogen (secondary N) is 1. The summed E-state index contributed by atoms with van der Waals surface area (Å²) in [6.07, 6.45) is 13.0. The van der Waals surface area contributed by atoms with Crippen LogP contribution >= 0.6 is 0 Å². The highest BCUT2D eigenvalue weighted by Crippen LogP contribution is 2.10. The molecule has 22 heavy (non-hydrogen) atoms. The van der Waals surface area contributed by atoms with Crippen LogP contribution in [0.25, 0.3) is 0 Å². The zero-order valence-electron chi connectivity index (χ0n) is 13.6. The van der Waals surface area contributed by atoms with E-state index in [4.69, 9.17) is 0 Å². The summed E-state index contributed by atoms with van der Waals surface area (Å²) in [5.74, 6) is 0.137. The smallest absolute Gasteiger partial charge is 0.221 e. The van der Waals surface area contributed by atoms with Crippen LogP contribution in [0.4, 0.5) is 0 Å². The molecule has 122 valence electrons. The van der Waals surface area contributed by atoms with Gasteiger partial charge in [0.05, 0.1) is 5.69 Å². The van der Waals surface area contributed by atoms with Crippen molar-refractivity contribution in [1.29, 1.82) is 0 Å². The minimum absolute atomic E-state index is 0.0940. The minimum atomic E-state index is 0.0940. The first kappa shape index (κ1) is 16.9. The SMILES string of the molecule is C[C@H](Cc1cnccn1)NC(=O)CCN1CCCCCCC1. The van der Waals surface area contributed by atoms with E-state index in [2.05, 4.69) is 20.2 Å². The number of carbonyl (C=O) groups is 1. The van der Waals surface area contributed by atoms with Gasteiger partial charge in [-0.25, -0.2) is 0 Å². The number of carbonyl (C=O) groups excluding carboxylic acids is 1. The molecular formula is C17H28N4O. The van der Waals surface area contributed by atoms with Crippen LogP contribution in [0.5, 0.6) is 0 Å². The Balaban J connectivity index is 1.66. The van der Waals surface area contributed by atoms with Crippen molar-refractivity contribution in [3.63, 3.8) is 0 Å². The van der Waals surface area contributed by atoms with Gasteiger partial charge < -0.3 is 10.2 Å². The summed E-state index contributed by atoms with van der Waals surface area (Å²) in [5.41, 5.74) is 0.916. The number of aromatic nitrogens is 2. The van der Waals surface area contributed by atoms with Crippen molar-refractivity contribution in [1.82, 2.24) is 20.2 Å². The lowest BCUT2D eigenvalue weighted by Crippen LogP contribution is -2.37. The van der Waals surface area contributed by atoms with Gasteiger partial charge in [-0.1, -0.05) is 19.3 Å². The van der Waals surface area contributed by atoms with Gasteiger partial charge in [-0.2, -0.15) is 0 Å². The average molecular weight is 304 g/mol. The maximum atomic E-state index is 12.1. The Kier molecular flexibility index (Phi) is 7.30. The van der Waals surface area contributed by atoms with E-state index in [0.29, 0.717) is 6.42 Å². The topological polar surface area (TPSA) is 58.1 Å². The zero-order chi connectivity index (χ0) is 15.6. The van der Waals surface area contributed by atoms with Gasteiger partial charge in [0, 0.05) is 44.0 Å². The van der Waals surface area contributed by atoms with Crippen molar-refractivity contribution >= 4 is 5.91 Å². The molecule has 1 aromatic rings. The van der Waals surface area contributed by atoms with Gasteiger partial charge in [0.2, 0.25) is 5.91 Å². The molecule has 0 radical (unpaired) electrons. The Labute approximate surface area is 133 Å². The summed E-state index contributed by atoms with van der Waals surface area (Å²) in [7, 11) is 0.